The van der Waals surface area contributed by atoms with Gasteiger partial charge in [-0.3, -0.25) is 57.5 Å². The number of aromatic nitrogens is 1. The molecule has 0 saturated heterocycles. The van der Waals surface area contributed by atoms with Crippen LogP contribution < -0.4 is 55.9 Å². The summed E-state index contributed by atoms with van der Waals surface area (Å²) in [5.74, 6) is -4.78. The van der Waals surface area contributed by atoms with E-state index in [0.717, 1.165) is 27.1 Å². The molecule has 4 atom stereocenters. The molecule has 460 valence electrons. The lowest BCUT2D eigenvalue weighted by atomic mass is 10.1. The van der Waals surface area contributed by atoms with E-state index >= 15 is 0 Å². The van der Waals surface area contributed by atoms with Crippen LogP contribution in [0.1, 0.15) is 78.8 Å². The number of imide groups is 1. The maximum atomic E-state index is 14.8. The van der Waals surface area contributed by atoms with E-state index in [1.165, 1.54) is 62.3 Å². The Morgan fingerprint density at radius 3 is 2.15 bits per heavy atom. The molecule has 6 aromatic rings. The van der Waals surface area contributed by atoms with Gasteiger partial charge in [0, 0.05) is 85.6 Å². The van der Waals surface area contributed by atoms with Crippen LogP contribution in [0, 0.1) is 0 Å². The molecule has 26 nitrogen and oxygen atoms in total. The van der Waals surface area contributed by atoms with Crippen LogP contribution in [0.3, 0.4) is 0 Å². The second-order valence-electron chi connectivity index (χ2n) is 20.8. The molecule has 3 aliphatic rings. The fourth-order valence-corrected chi connectivity index (χ4v) is 12.1. The zero-order chi connectivity index (χ0) is 63.0. The number of fused-ring (bicyclic) bond motifs is 5. The second-order valence-corrected chi connectivity index (χ2v) is 23.3. The van der Waals surface area contributed by atoms with Gasteiger partial charge in [0.15, 0.2) is 16.9 Å². The number of ether oxygens (including phenoxy) is 3. The Morgan fingerprint density at radius 2 is 1.42 bits per heavy atom. The average molecular weight is 1240 g/mol. The van der Waals surface area contributed by atoms with Crippen LogP contribution in [0.2, 0.25) is 0 Å². The van der Waals surface area contributed by atoms with Crippen molar-refractivity contribution in [3.05, 3.63) is 132 Å². The fraction of sp³-hybridized carbons (Fsp3) is 0.300. The van der Waals surface area contributed by atoms with E-state index in [0.29, 0.717) is 46.1 Å². The Labute approximate surface area is 508 Å². The molecule has 4 aromatic carbocycles. The number of benzene rings is 4. The molecule has 0 fully saturated rings. The summed E-state index contributed by atoms with van der Waals surface area (Å²) in [4.78, 5) is 133. The second kappa shape index (κ2) is 27.2. The fourth-order valence-electron chi connectivity index (χ4n) is 10.2. The van der Waals surface area contributed by atoms with Gasteiger partial charge in [0.05, 0.1) is 36.7 Å². The van der Waals surface area contributed by atoms with E-state index in [1.807, 2.05) is 29.6 Å². The van der Waals surface area contributed by atoms with Gasteiger partial charge in [-0.2, -0.15) is 8.42 Å². The molecule has 0 spiro atoms. The first-order valence-corrected chi connectivity index (χ1v) is 30.2. The van der Waals surface area contributed by atoms with Gasteiger partial charge >= 0.3 is 6.09 Å². The molecule has 0 saturated carbocycles. The molecular formula is C60H62N10O16S2. The number of unbranched alkanes of at least 4 members (excludes halogenated alkanes) is 1. The smallest absolute Gasteiger partial charge is 0.421 e. The number of nitrogens with zero attached hydrogens (tertiary/aromatic N) is 4. The highest BCUT2D eigenvalue weighted by atomic mass is 32.2. The van der Waals surface area contributed by atoms with Crippen molar-refractivity contribution in [1.29, 1.82) is 0 Å². The van der Waals surface area contributed by atoms with E-state index in [2.05, 4.69) is 31.9 Å². The Bertz CT molecular complexity index is 3880. The zero-order valence-corrected chi connectivity index (χ0v) is 49.7. The van der Waals surface area contributed by atoms with Crippen LogP contribution in [0.5, 0.6) is 17.2 Å². The molecule has 10 amide bonds. The number of carbonyl (C=O) groups is 10. The van der Waals surface area contributed by atoms with Gasteiger partial charge in [-0.25, -0.2) is 4.79 Å². The summed E-state index contributed by atoms with van der Waals surface area (Å²) >= 11 is 1.59. The number of thiophene rings is 1. The summed E-state index contributed by atoms with van der Waals surface area (Å²) in [5.41, 5.74) is 1.82. The number of nitrogens with one attached hydrogen (secondary N) is 6. The van der Waals surface area contributed by atoms with Crippen molar-refractivity contribution in [3.8, 4) is 17.2 Å². The number of aryl methyl sites for hydroxylation is 1. The van der Waals surface area contributed by atoms with Crippen molar-refractivity contribution in [3.63, 3.8) is 0 Å². The van der Waals surface area contributed by atoms with E-state index in [4.69, 9.17) is 14.2 Å². The molecule has 2 aromatic heterocycles. The van der Waals surface area contributed by atoms with Crippen molar-refractivity contribution in [1.82, 2.24) is 25.4 Å². The predicted octanol–water partition coefficient (Wildman–Crippen LogP) is 5.65. The first-order valence-electron chi connectivity index (χ1n) is 27.9. The number of para-hydroxylation sites is 1. The maximum Gasteiger partial charge on any atom is 0.421 e. The van der Waals surface area contributed by atoms with E-state index in [-0.39, 0.29) is 97.8 Å². The zero-order valence-electron chi connectivity index (χ0n) is 48.0. The van der Waals surface area contributed by atoms with Gasteiger partial charge in [-0.15, -0.1) is 11.3 Å². The number of rotatable bonds is 24. The Morgan fingerprint density at radius 1 is 0.727 bits per heavy atom. The van der Waals surface area contributed by atoms with Crippen molar-refractivity contribution in [2.45, 2.75) is 82.3 Å². The molecule has 5 heterocycles. The number of anilines is 5. The first-order chi connectivity index (χ1) is 42.1. The third kappa shape index (κ3) is 14.6. The van der Waals surface area contributed by atoms with Crippen molar-refractivity contribution >= 4 is 119 Å². The van der Waals surface area contributed by atoms with Crippen LogP contribution >= 0.6 is 11.3 Å². The van der Waals surface area contributed by atoms with Gasteiger partial charge in [-0.1, -0.05) is 18.2 Å². The van der Waals surface area contributed by atoms with E-state index in [1.54, 1.807) is 59.5 Å². The minimum absolute atomic E-state index is 0.00343. The Kier molecular flexibility index (Phi) is 19.3. The molecule has 0 aliphatic carbocycles. The van der Waals surface area contributed by atoms with E-state index in [9.17, 15) is 60.9 Å². The predicted molar refractivity (Wildman–Crippen MR) is 324 cm³/mol. The summed E-state index contributed by atoms with van der Waals surface area (Å²) in [7, 11) is -2.30. The number of hydrogen-bond donors (Lipinski definition) is 7. The monoisotopic (exact) mass is 1240 g/mol. The number of hydrogen-bond acceptors (Lipinski definition) is 16. The third-order valence-corrected chi connectivity index (χ3v) is 16.6. The minimum atomic E-state index is -5.28. The summed E-state index contributed by atoms with van der Waals surface area (Å²) in [6, 6.07) is 20.0. The average Bonchev–Trinajstić information content (AvgIpc) is 1.63. The summed E-state index contributed by atoms with van der Waals surface area (Å²) < 4.78 is 58.7. The molecule has 1 unspecified atom stereocenters. The molecular weight excluding hydrogens is 1180 g/mol. The SMILES string of the molecule is COc1cc2c(cc1OCCCC(=O)Nc1cc(C(=O)Nc3ccc4sccc4c3)n(C)c1)N(C(=O)Oc1ccc(NC(=O)[C@@H](C)NC(=O)[C@@H](C)NC(=O)CCCCC(=O)NCCN3C(=O)C=CC3=O)cc1)C(S(=O)(=O)O)[C@@H]1Cc3ccccc3N1C2=O. The normalized spacial score (nSPS) is 15.7. The molecule has 88 heavy (non-hydrogen) atoms. The van der Waals surface area contributed by atoms with Crippen LogP contribution in [-0.2, 0) is 57.1 Å². The molecule has 28 heteroatoms. The van der Waals surface area contributed by atoms with Gasteiger partial charge in [0.1, 0.15) is 23.5 Å². The van der Waals surface area contributed by atoms with Crippen LogP contribution in [0.4, 0.5) is 33.2 Å². The third-order valence-electron chi connectivity index (χ3n) is 14.6. The topological polar surface area (TPSA) is 340 Å². The van der Waals surface area contributed by atoms with Crippen LogP contribution in [0.15, 0.2) is 115 Å². The lowest BCUT2D eigenvalue weighted by Crippen LogP contribution is -2.56. The first kappa shape index (κ1) is 62.6. The highest BCUT2D eigenvalue weighted by Gasteiger charge is 2.53. The van der Waals surface area contributed by atoms with Crippen molar-refractivity contribution < 1.29 is 75.1 Å². The lowest BCUT2D eigenvalue weighted by Gasteiger charge is -2.33. The molecule has 0 radical (unpaired) electrons. The summed E-state index contributed by atoms with van der Waals surface area (Å²) in [5, 5.41) is 16.8. The number of carbonyl (C=O) groups excluding carboxylic acids is 10. The molecule has 0 bridgehead atoms. The van der Waals surface area contributed by atoms with Crippen LogP contribution in [-0.4, -0.2) is 132 Å². The Balaban J connectivity index is 0.809. The quantitative estimate of drug-likeness (QED) is 0.0219. The highest BCUT2D eigenvalue weighted by molar-refractivity contribution is 7.86. The van der Waals surface area contributed by atoms with Gasteiger partial charge in [-0.05, 0) is 123 Å². The molecule has 3 aliphatic heterocycles. The lowest BCUT2D eigenvalue weighted by molar-refractivity contribution is -0.137. The Hall–Kier alpha value is -9.93. The van der Waals surface area contributed by atoms with E-state index < -0.39 is 81.1 Å². The molecule has 7 N–H and O–H groups in total. The molecule has 9 rings (SSSR count). The van der Waals surface area contributed by atoms with Crippen LogP contribution in [0.25, 0.3) is 10.1 Å². The summed E-state index contributed by atoms with van der Waals surface area (Å²) in [6.45, 7) is 2.82. The number of amides is 10. The maximum absolute atomic E-state index is 14.8. The standard InChI is InChI=1S/C60H62N10O16S2/c1-34(62-51(72)13-8-7-12-50(71)61-24-25-68-53(74)21-22-54(68)75)55(76)63-35(2)56(77)65-38-15-18-41(19-16-38)86-60(80)70-44-32-48(47(84-4)31-42(44)58(79)69-43-11-6-5-10-36(43)29-46(69)59(70)88(81,82)83)85-26-9-14-52(73)64-40-30-45(67(3)33-40)57(78)66-39-17-20-49-37(28-39)23-27-87-49/h5-6,10-11,15-23,27-28,30-35,46,59H,7-9,12-14,24-26,29H2,1-4H3,(H,61,71)(H,62,72)(H,63,76)(H,64,73)(H,65,77)(H,66,78)(H,81,82,83)/t34-,35-,46+,59?/m1/s1. The number of methoxy groups -OCH3 is 1. The summed E-state index contributed by atoms with van der Waals surface area (Å²) in [6.07, 6.45) is 3.28. The van der Waals surface area contributed by atoms with Gasteiger partial charge in [0.2, 0.25) is 29.5 Å². The largest absolute Gasteiger partial charge is 0.493 e. The van der Waals surface area contributed by atoms with Crippen molar-refractivity contribution in [2.24, 2.45) is 7.05 Å². The highest BCUT2D eigenvalue weighted by Crippen LogP contribution is 2.46. The van der Waals surface area contributed by atoms with Gasteiger partial charge < -0.3 is 55.6 Å². The van der Waals surface area contributed by atoms with Crippen molar-refractivity contribution in [2.75, 3.05) is 52.6 Å². The van der Waals surface area contributed by atoms with Gasteiger partial charge in [0.25, 0.3) is 33.7 Å². The minimum Gasteiger partial charge on any atom is -0.493 e.